The largest absolute Gasteiger partial charge is 0.463 e. The number of carbonyl (C=O) groups excluding carboxylic acids is 2. The minimum absolute atomic E-state index is 0.110. The molecule has 0 aromatic rings. The highest BCUT2D eigenvalue weighted by molar-refractivity contribution is 5.67. The molecule has 0 spiro atoms. The molecule has 0 heterocycles. The predicted octanol–water partition coefficient (Wildman–Crippen LogP) is 1.24. The van der Waals surface area contributed by atoms with Crippen molar-refractivity contribution in [3.63, 3.8) is 0 Å². The first-order chi connectivity index (χ1) is 7.20. The molecule has 0 unspecified atom stereocenters. The number of nitrogens with one attached hydrogen (secondary N) is 1. The number of unbranched alkanes of at least 4 members (excludes halogenated alkanes) is 1. The molecular weight excluding hydrogens is 198 g/mol. The first-order valence-corrected chi connectivity index (χ1v) is 4.83. The van der Waals surface area contributed by atoms with Crippen molar-refractivity contribution in [2.45, 2.75) is 19.8 Å². The number of hydrogen-bond acceptors (Lipinski definition) is 4. The van der Waals surface area contributed by atoms with Gasteiger partial charge in [-0.15, -0.1) is 0 Å². The summed E-state index contributed by atoms with van der Waals surface area (Å²) >= 11 is 0. The maximum Gasteiger partial charge on any atom is 0.407 e. The van der Waals surface area contributed by atoms with Gasteiger partial charge in [0.1, 0.15) is 6.61 Å². The predicted molar refractivity (Wildman–Crippen MR) is 55.4 cm³/mol. The Labute approximate surface area is 89.4 Å². The van der Waals surface area contributed by atoms with Crippen LogP contribution in [0.15, 0.2) is 12.2 Å². The van der Waals surface area contributed by atoms with Crippen LogP contribution in [0.4, 0.5) is 4.79 Å². The summed E-state index contributed by atoms with van der Waals surface area (Å²) in [6.07, 6.45) is 1.35. The molecule has 15 heavy (non-hydrogen) atoms. The fourth-order valence-electron chi connectivity index (χ4n) is 0.760. The van der Waals surface area contributed by atoms with Crippen LogP contribution in [-0.4, -0.2) is 32.3 Å². The summed E-state index contributed by atoms with van der Waals surface area (Å²) in [4.78, 5) is 20.9. The van der Waals surface area contributed by atoms with Gasteiger partial charge in [0.2, 0.25) is 0 Å². The monoisotopic (exact) mass is 215 g/mol. The van der Waals surface area contributed by atoms with Gasteiger partial charge in [-0.05, 0) is 12.0 Å². The summed E-state index contributed by atoms with van der Waals surface area (Å²) in [7, 11) is 0. The van der Waals surface area contributed by atoms with Crippen molar-refractivity contribution in [2.75, 3.05) is 19.8 Å². The van der Waals surface area contributed by atoms with Gasteiger partial charge in [0, 0.05) is 6.54 Å². The average Bonchev–Trinajstić information content (AvgIpc) is 2.24. The third-order valence-electron chi connectivity index (χ3n) is 1.57. The van der Waals surface area contributed by atoms with Gasteiger partial charge in [-0.2, -0.15) is 0 Å². The third kappa shape index (κ3) is 8.80. The van der Waals surface area contributed by atoms with Gasteiger partial charge in [0.15, 0.2) is 0 Å². The zero-order valence-corrected chi connectivity index (χ0v) is 8.95. The second-order valence-electron chi connectivity index (χ2n) is 3.00. The van der Waals surface area contributed by atoms with E-state index in [4.69, 9.17) is 4.74 Å². The van der Waals surface area contributed by atoms with Crippen LogP contribution in [-0.2, 0) is 14.3 Å². The topological polar surface area (TPSA) is 64.6 Å². The molecule has 0 saturated carbocycles. The van der Waals surface area contributed by atoms with Crippen molar-refractivity contribution in [3.8, 4) is 0 Å². The highest BCUT2D eigenvalue weighted by atomic mass is 16.5. The molecule has 0 rings (SSSR count). The highest BCUT2D eigenvalue weighted by Gasteiger charge is 2.01. The van der Waals surface area contributed by atoms with Crippen LogP contribution in [0, 0.1) is 0 Å². The number of amides is 1. The van der Waals surface area contributed by atoms with E-state index in [0.717, 1.165) is 12.8 Å². The van der Waals surface area contributed by atoms with Crippen molar-refractivity contribution in [1.29, 1.82) is 0 Å². The number of rotatable bonds is 8. The van der Waals surface area contributed by atoms with Crippen molar-refractivity contribution in [3.05, 3.63) is 12.2 Å². The molecular formula is C10H17NO4. The molecule has 5 heteroatoms. The van der Waals surface area contributed by atoms with Crippen LogP contribution in [0.3, 0.4) is 0 Å². The quantitative estimate of drug-likeness (QED) is 0.376. The third-order valence-corrected chi connectivity index (χ3v) is 1.57. The summed E-state index contributed by atoms with van der Waals surface area (Å²) in [6, 6.07) is 0. The summed E-state index contributed by atoms with van der Waals surface area (Å²) < 4.78 is 9.29. The fraction of sp³-hybridized carbons (Fsp3) is 0.600. The van der Waals surface area contributed by atoms with Gasteiger partial charge in [-0.1, -0.05) is 19.9 Å². The second-order valence-corrected chi connectivity index (χ2v) is 3.00. The second kappa shape index (κ2) is 9.05. The Bertz CT molecular complexity index is 215. The lowest BCUT2D eigenvalue weighted by atomic mass is 10.3. The van der Waals surface area contributed by atoms with Crippen LogP contribution in [0.5, 0.6) is 0 Å². The lowest BCUT2D eigenvalue weighted by Gasteiger charge is -2.07. The molecule has 86 valence electrons. The molecule has 0 fully saturated rings. The molecule has 0 radical (unpaired) electrons. The minimum atomic E-state index is -0.476. The van der Waals surface area contributed by atoms with Gasteiger partial charge in [0.05, 0.1) is 6.61 Å². The Hall–Kier alpha value is -1.52. The zero-order chi connectivity index (χ0) is 11.5. The lowest BCUT2D eigenvalue weighted by Crippen LogP contribution is -2.27. The van der Waals surface area contributed by atoms with Crippen LogP contribution in [0.25, 0.3) is 0 Å². The van der Waals surface area contributed by atoms with Crippen LogP contribution < -0.4 is 5.32 Å². The SMILES string of the molecule is C=C(CNC(=O)OCCCC)COC=O. The van der Waals surface area contributed by atoms with E-state index < -0.39 is 6.09 Å². The number of carbonyl (C=O) groups is 2. The van der Waals surface area contributed by atoms with E-state index in [-0.39, 0.29) is 13.2 Å². The first kappa shape index (κ1) is 13.5. The maximum atomic E-state index is 11.0. The highest BCUT2D eigenvalue weighted by Crippen LogP contribution is 1.91. The normalized spacial score (nSPS) is 9.13. The Kier molecular flexibility index (Phi) is 8.13. The van der Waals surface area contributed by atoms with Crippen LogP contribution in [0.2, 0.25) is 0 Å². The van der Waals surface area contributed by atoms with E-state index in [1.165, 1.54) is 0 Å². The standard InChI is InChI=1S/C10H17NO4/c1-3-4-5-15-10(13)11-6-9(2)7-14-8-12/h8H,2-7H2,1H3,(H,11,13). The van der Waals surface area contributed by atoms with E-state index in [2.05, 4.69) is 16.6 Å². The Morgan fingerprint density at radius 1 is 1.53 bits per heavy atom. The Balaban J connectivity index is 3.44. The smallest absolute Gasteiger partial charge is 0.407 e. The van der Waals surface area contributed by atoms with Crippen LogP contribution >= 0.6 is 0 Å². The van der Waals surface area contributed by atoms with E-state index in [1.54, 1.807) is 0 Å². The Morgan fingerprint density at radius 3 is 2.87 bits per heavy atom. The molecule has 0 saturated heterocycles. The van der Waals surface area contributed by atoms with Gasteiger partial charge in [0.25, 0.3) is 6.47 Å². The molecule has 0 atom stereocenters. The molecule has 0 aliphatic carbocycles. The molecule has 0 bridgehead atoms. The average molecular weight is 215 g/mol. The minimum Gasteiger partial charge on any atom is -0.463 e. The molecule has 0 aliphatic rings. The van der Waals surface area contributed by atoms with Gasteiger partial charge >= 0.3 is 6.09 Å². The number of hydrogen-bond donors (Lipinski definition) is 1. The van der Waals surface area contributed by atoms with E-state index in [1.807, 2.05) is 6.92 Å². The number of ether oxygens (including phenoxy) is 2. The fourth-order valence-corrected chi connectivity index (χ4v) is 0.760. The summed E-state index contributed by atoms with van der Waals surface area (Å²) in [5, 5.41) is 2.49. The van der Waals surface area contributed by atoms with Gasteiger partial charge in [-0.3, -0.25) is 4.79 Å². The molecule has 5 nitrogen and oxygen atoms in total. The zero-order valence-electron chi connectivity index (χ0n) is 8.95. The molecule has 0 aromatic carbocycles. The Morgan fingerprint density at radius 2 is 2.27 bits per heavy atom. The summed E-state index contributed by atoms with van der Waals surface area (Å²) in [5.74, 6) is 0. The maximum absolute atomic E-state index is 11.0. The van der Waals surface area contributed by atoms with Crippen molar-refractivity contribution < 1.29 is 19.1 Å². The van der Waals surface area contributed by atoms with E-state index in [0.29, 0.717) is 18.7 Å². The molecule has 1 N–H and O–H groups in total. The summed E-state index contributed by atoms with van der Waals surface area (Å²) in [6.45, 7) is 6.73. The first-order valence-electron chi connectivity index (χ1n) is 4.83. The summed E-state index contributed by atoms with van der Waals surface area (Å²) in [5.41, 5.74) is 0.606. The van der Waals surface area contributed by atoms with Crippen molar-refractivity contribution >= 4 is 12.6 Å². The van der Waals surface area contributed by atoms with Crippen molar-refractivity contribution in [2.24, 2.45) is 0 Å². The lowest BCUT2D eigenvalue weighted by molar-refractivity contribution is -0.127. The van der Waals surface area contributed by atoms with E-state index in [9.17, 15) is 9.59 Å². The van der Waals surface area contributed by atoms with E-state index >= 15 is 0 Å². The van der Waals surface area contributed by atoms with Crippen molar-refractivity contribution in [1.82, 2.24) is 5.32 Å². The molecule has 1 amide bonds. The molecule has 0 aliphatic heterocycles. The molecule has 0 aromatic heterocycles. The van der Waals surface area contributed by atoms with Gasteiger partial charge in [-0.25, -0.2) is 4.79 Å². The van der Waals surface area contributed by atoms with Crippen LogP contribution in [0.1, 0.15) is 19.8 Å². The number of alkyl carbamates (subject to hydrolysis) is 1. The van der Waals surface area contributed by atoms with Gasteiger partial charge < -0.3 is 14.8 Å².